The molecule has 0 unspecified atom stereocenters. The van der Waals surface area contributed by atoms with Gasteiger partial charge in [-0.05, 0) is 37.8 Å². The summed E-state index contributed by atoms with van der Waals surface area (Å²) in [5.41, 5.74) is 1.63. The van der Waals surface area contributed by atoms with E-state index in [9.17, 15) is 14.7 Å². The number of hydrogen-bond donors (Lipinski definition) is 3. The molecule has 1 aromatic carbocycles. The van der Waals surface area contributed by atoms with Gasteiger partial charge in [-0.3, -0.25) is 9.59 Å². The van der Waals surface area contributed by atoms with Crippen molar-refractivity contribution in [3.63, 3.8) is 0 Å². The second kappa shape index (κ2) is 6.26. The van der Waals surface area contributed by atoms with Gasteiger partial charge in [0.05, 0.1) is 5.60 Å². The molecule has 0 atom stereocenters. The van der Waals surface area contributed by atoms with Crippen LogP contribution < -0.4 is 10.6 Å². The van der Waals surface area contributed by atoms with Gasteiger partial charge in [-0.25, -0.2) is 0 Å². The summed E-state index contributed by atoms with van der Waals surface area (Å²) in [7, 11) is 0. The van der Waals surface area contributed by atoms with Crippen LogP contribution in [0, 0.1) is 13.8 Å². The first-order valence-electron chi connectivity index (χ1n) is 7.29. The number of anilines is 1. The van der Waals surface area contributed by atoms with E-state index >= 15 is 0 Å². The molecule has 0 heterocycles. The molecule has 0 radical (unpaired) electrons. The van der Waals surface area contributed by atoms with Crippen molar-refractivity contribution in [1.82, 2.24) is 5.32 Å². The first-order valence-corrected chi connectivity index (χ1v) is 7.29. The number of para-hydroxylation sites is 1. The summed E-state index contributed by atoms with van der Waals surface area (Å²) in [6.07, 6.45) is 3.26. The molecular weight excluding hydrogens is 268 g/mol. The quantitative estimate of drug-likeness (QED) is 0.741. The van der Waals surface area contributed by atoms with Crippen molar-refractivity contribution in [3.8, 4) is 0 Å². The number of nitrogens with one attached hydrogen (secondary N) is 2. The molecule has 5 nitrogen and oxygen atoms in total. The lowest BCUT2D eigenvalue weighted by atomic mass is 10.0. The molecule has 114 valence electrons. The number of benzene rings is 1. The van der Waals surface area contributed by atoms with E-state index in [0.29, 0.717) is 18.5 Å². The lowest BCUT2D eigenvalue weighted by molar-refractivity contribution is -0.136. The van der Waals surface area contributed by atoms with Crippen LogP contribution in [0.4, 0.5) is 5.69 Å². The van der Waals surface area contributed by atoms with E-state index < -0.39 is 17.4 Å². The van der Waals surface area contributed by atoms with Crippen LogP contribution in [-0.4, -0.2) is 29.1 Å². The molecule has 1 aromatic rings. The molecule has 2 rings (SSSR count). The Bertz CT molecular complexity index is 528. The van der Waals surface area contributed by atoms with E-state index in [2.05, 4.69) is 10.6 Å². The van der Waals surface area contributed by atoms with Crippen LogP contribution in [0.2, 0.25) is 0 Å². The number of aryl methyl sites for hydroxylation is 2. The van der Waals surface area contributed by atoms with Gasteiger partial charge in [-0.1, -0.05) is 31.0 Å². The fourth-order valence-electron chi connectivity index (χ4n) is 2.72. The van der Waals surface area contributed by atoms with Crippen LogP contribution in [0.5, 0.6) is 0 Å². The molecule has 0 bridgehead atoms. The minimum atomic E-state index is -0.853. The maximum atomic E-state index is 11.9. The standard InChI is InChI=1S/C16H22N2O3/c1-11-6-5-7-12(2)13(11)18-15(20)14(19)17-10-16(21)8-3-4-9-16/h5-7,21H,3-4,8-10H2,1-2H3,(H,17,19)(H,18,20). The van der Waals surface area contributed by atoms with Gasteiger partial charge >= 0.3 is 11.8 Å². The Morgan fingerprint density at radius 3 is 2.29 bits per heavy atom. The minimum Gasteiger partial charge on any atom is -0.388 e. The Morgan fingerprint density at radius 1 is 1.14 bits per heavy atom. The first-order chi connectivity index (χ1) is 9.91. The molecule has 3 N–H and O–H groups in total. The van der Waals surface area contributed by atoms with Crippen molar-refractivity contribution in [2.75, 3.05) is 11.9 Å². The number of amides is 2. The zero-order chi connectivity index (χ0) is 15.5. The summed E-state index contributed by atoms with van der Waals surface area (Å²) >= 11 is 0. The smallest absolute Gasteiger partial charge is 0.313 e. The third-order valence-corrected chi connectivity index (χ3v) is 4.04. The monoisotopic (exact) mass is 290 g/mol. The van der Waals surface area contributed by atoms with Crippen molar-refractivity contribution >= 4 is 17.5 Å². The van der Waals surface area contributed by atoms with Crippen LogP contribution in [-0.2, 0) is 9.59 Å². The molecule has 0 aromatic heterocycles. The maximum absolute atomic E-state index is 11.9. The fraction of sp³-hybridized carbons (Fsp3) is 0.500. The van der Waals surface area contributed by atoms with E-state index in [1.807, 2.05) is 32.0 Å². The maximum Gasteiger partial charge on any atom is 0.313 e. The molecule has 1 saturated carbocycles. The topological polar surface area (TPSA) is 78.4 Å². The lowest BCUT2D eigenvalue weighted by Crippen LogP contribution is -2.44. The van der Waals surface area contributed by atoms with Gasteiger partial charge in [-0.2, -0.15) is 0 Å². The van der Waals surface area contributed by atoms with Gasteiger partial charge in [0.2, 0.25) is 0 Å². The van der Waals surface area contributed by atoms with Crippen molar-refractivity contribution in [2.45, 2.75) is 45.1 Å². The fourth-order valence-corrected chi connectivity index (χ4v) is 2.72. The summed E-state index contributed by atoms with van der Waals surface area (Å²) in [6, 6.07) is 5.65. The third-order valence-electron chi connectivity index (χ3n) is 4.04. The van der Waals surface area contributed by atoms with Gasteiger partial charge in [-0.15, -0.1) is 0 Å². The largest absolute Gasteiger partial charge is 0.388 e. The Kier molecular flexibility index (Phi) is 4.63. The minimum absolute atomic E-state index is 0.131. The van der Waals surface area contributed by atoms with E-state index in [1.54, 1.807) is 0 Å². The molecule has 0 spiro atoms. The zero-order valence-corrected chi connectivity index (χ0v) is 12.5. The second-order valence-electron chi connectivity index (χ2n) is 5.84. The van der Waals surface area contributed by atoms with Gasteiger partial charge in [0, 0.05) is 12.2 Å². The highest BCUT2D eigenvalue weighted by molar-refractivity contribution is 6.39. The van der Waals surface area contributed by atoms with Gasteiger partial charge in [0.1, 0.15) is 0 Å². The highest BCUT2D eigenvalue weighted by atomic mass is 16.3. The lowest BCUT2D eigenvalue weighted by Gasteiger charge is -2.22. The molecule has 0 aliphatic heterocycles. The SMILES string of the molecule is Cc1cccc(C)c1NC(=O)C(=O)NCC1(O)CCCC1. The number of hydrogen-bond acceptors (Lipinski definition) is 3. The van der Waals surface area contributed by atoms with E-state index in [0.717, 1.165) is 24.0 Å². The average Bonchev–Trinajstić information content (AvgIpc) is 2.87. The Balaban J connectivity index is 1.92. The van der Waals surface area contributed by atoms with E-state index in [-0.39, 0.29) is 6.54 Å². The summed E-state index contributed by atoms with van der Waals surface area (Å²) in [5.74, 6) is -1.41. The normalized spacial score (nSPS) is 16.5. The van der Waals surface area contributed by atoms with E-state index in [1.165, 1.54) is 0 Å². The second-order valence-corrected chi connectivity index (χ2v) is 5.84. The van der Waals surface area contributed by atoms with Crippen LogP contribution in [0.15, 0.2) is 18.2 Å². The predicted octanol–water partition coefficient (Wildman–Crippen LogP) is 1.66. The number of aliphatic hydroxyl groups is 1. The molecule has 1 aliphatic rings. The summed E-state index contributed by atoms with van der Waals surface area (Å²) < 4.78 is 0. The summed E-state index contributed by atoms with van der Waals surface area (Å²) in [5, 5.41) is 15.3. The number of carbonyl (C=O) groups is 2. The summed E-state index contributed by atoms with van der Waals surface area (Å²) in [6.45, 7) is 3.88. The van der Waals surface area contributed by atoms with Crippen LogP contribution in [0.1, 0.15) is 36.8 Å². The predicted molar refractivity (Wildman–Crippen MR) is 81.0 cm³/mol. The molecular formula is C16H22N2O3. The average molecular weight is 290 g/mol. The van der Waals surface area contributed by atoms with Crippen LogP contribution >= 0.6 is 0 Å². The van der Waals surface area contributed by atoms with Gasteiger partial charge < -0.3 is 15.7 Å². The molecule has 0 saturated heterocycles. The Morgan fingerprint density at radius 2 is 1.71 bits per heavy atom. The first kappa shape index (κ1) is 15.5. The number of carbonyl (C=O) groups excluding carboxylic acids is 2. The molecule has 5 heteroatoms. The van der Waals surface area contributed by atoms with Crippen molar-refractivity contribution in [1.29, 1.82) is 0 Å². The van der Waals surface area contributed by atoms with Gasteiger partial charge in [0.25, 0.3) is 0 Å². The number of rotatable bonds is 3. The molecule has 1 aliphatic carbocycles. The summed E-state index contributed by atoms with van der Waals surface area (Å²) in [4.78, 5) is 23.8. The molecule has 1 fully saturated rings. The highest BCUT2D eigenvalue weighted by Crippen LogP contribution is 2.28. The Labute approximate surface area is 124 Å². The van der Waals surface area contributed by atoms with Crippen molar-refractivity contribution in [3.05, 3.63) is 29.3 Å². The van der Waals surface area contributed by atoms with Crippen molar-refractivity contribution < 1.29 is 14.7 Å². The third kappa shape index (κ3) is 3.82. The highest BCUT2D eigenvalue weighted by Gasteiger charge is 2.32. The van der Waals surface area contributed by atoms with Gasteiger partial charge in [0.15, 0.2) is 0 Å². The van der Waals surface area contributed by atoms with Crippen molar-refractivity contribution in [2.24, 2.45) is 0 Å². The molecule has 2 amide bonds. The Hall–Kier alpha value is -1.88. The zero-order valence-electron chi connectivity index (χ0n) is 12.5. The molecule has 21 heavy (non-hydrogen) atoms. The van der Waals surface area contributed by atoms with Crippen LogP contribution in [0.25, 0.3) is 0 Å². The van der Waals surface area contributed by atoms with Crippen LogP contribution in [0.3, 0.4) is 0 Å². The van der Waals surface area contributed by atoms with E-state index in [4.69, 9.17) is 0 Å².